The van der Waals surface area contributed by atoms with Crippen LogP contribution in [0.5, 0.6) is 0 Å². The van der Waals surface area contributed by atoms with Crippen LogP contribution >= 0.6 is 0 Å². The van der Waals surface area contributed by atoms with Gasteiger partial charge in [0.2, 0.25) is 5.91 Å². The average Bonchev–Trinajstić information content (AvgIpc) is 3.47. The number of hydrogen-bond acceptors (Lipinski definition) is 6. The highest BCUT2D eigenvalue weighted by Gasteiger charge is 2.29. The largest absolute Gasteiger partial charge is 0.365 e. The predicted molar refractivity (Wildman–Crippen MR) is 143 cm³/mol. The molecule has 8 nitrogen and oxygen atoms in total. The summed E-state index contributed by atoms with van der Waals surface area (Å²) in [6, 6.07) is 7.22. The third kappa shape index (κ3) is 6.27. The fourth-order valence-electron chi connectivity index (χ4n) is 4.22. The minimum absolute atomic E-state index is 0.0687. The second-order valence-corrected chi connectivity index (χ2v) is 16.3. The van der Waals surface area contributed by atoms with Gasteiger partial charge in [0.1, 0.15) is 18.1 Å². The number of pyridine rings is 1. The first-order valence-corrected chi connectivity index (χ1v) is 16.4. The highest BCUT2D eigenvalue weighted by atomic mass is 28.3. The lowest BCUT2D eigenvalue weighted by atomic mass is 10.1. The molecule has 1 aliphatic rings. The van der Waals surface area contributed by atoms with Gasteiger partial charge in [0.05, 0.1) is 11.9 Å². The summed E-state index contributed by atoms with van der Waals surface area (Å²) in [5, 5.41) is 3.55. The van der Waals surface area contributed by atoms with Crippen LogP contribution in [0.15, 0.2) is 36.8 Å². The fourth-order valence-corrected chi connectivity index (χ4v) is 4.98. The van der Waals surface area contributed by atoms with Crippen LogP contribution in [-0.2, 0) is 16.3 Å². The molecule has 1 fully saturated rings. The number of amides is 1. The van der Waals surface area contributed by atoms with Gasteiger partial charge in [0.25, 0.3) is 0 Å². The second kappa shape index (κ2) is 10.9. The standard InChI is InChI=1S/C26H38N6O2Si/c1-6-19(2)26(33)31-12-9-20(17-31)29-24-21(8-7-11-27-24)23-16-28-25-22(30-23)10-13-32(25)18-34-14-15-35(3,4)5/h7-8,10-11,13,16,19-20H,6,9,12,14-15,17-18H2,1-5H3,(H,27,29)/t19?,20-/m1/s1. The highest BCUT2D eigenvalue weighted by Crippen LogP contribution is 2.27. The Kier molecular flexibility index (Phi) is 7.86. The molecule has 0 saturated carbocycles. The summed E-state index contributed by atoms with van der Waals surface area (Å²) in [6.45, 7) is 13.8. The van der Waals surface area contributed by atoms with Crippen molar-refractivity contribution in [3.05, 3.63) is 36.8 Å². The van der Waals surface area contributed by atoms with Crippen LogP contribution < -0.4 is 5.32 Å². The molecule has 1 unspecified atom stereocenters. The van der Waals surface area contributed by atoms with Crippen molar-refractivity contribution in [1.82, 2.24) is 24.4 Å². The molecule has 0 aliphatic carbocycles. The van der Waals surface area contributed by atoms with Crippen LogP contribution in [0.4, 0.5) is 5.82 Å². The Morgan fingerprint density at radius 1 is 1.29 bits per heavy atom. The molecule has 2 atom stereocenters. The SMILES string of the molecule is CCC(C)C(=O)N1CC[C@@H](Nc2ncccc2-c2cnc3c(ccn3COCC[Si](C)(C)C)n2)C1. The van der Waals surface area contributed by atoms with E-state index < -0.39 is 8.07 Å². The minimum Gasteiger partial charge on any atom is -0.365 e. The van der Waals surface area contributed by atoms with Gasteiger partial charge < -0.3 is 19.5 Å². The fraction of sp³-hybridized carbons (Fsp3) is 0.538. The molecule has 1 amide bonds. The Morgan fingerprint density at radius 2 is 2.11 bits per heavy atom. The molecule has 4 heterocycles. The highest BCUT2D eigenvalue weighted by molar-refractivity contribution is 6.76. The van der Waals surface area contributed by atoms with Crippen molar-refractivity contribution in [2.45, 2.75) is 65.1 Å². The van der Waals surface area contributed by atoms with Gasteiger partial charge in [0.15, 0.2) is 5.65 Å². The molecule has 1 aliphatic heterocycles. The number of carbonyl (C=O) groups is 1. The molecule has 0 bridgehead atoms. The molecule has 1 saturated heterocycles. The summed E-state index contributed by atoms with van der Waals surface area (Å²) in [5.74, 6) is 1.08. The Hall–Kier alpha value is -2.78. The van der Waals surface area contributed by atoms with E-state index in [9.17, 15) is 4.79 Å². The van der Waals surface area contributed by atoms with Gasteiger partial charge in [-0.2, -0.15) is 0 Å². The monoisotopic (exact) mass is 494 g/mol. The number of anilines is 1. The van der Waals surface area contributed by atoms with Gasteiger partial charge in [-0.25, -0.2) is 15.0 Å². The molecule has 3 aromatic rings. The van der Waals surface area contributed by atoms with Crippen LogP contribution in [0.25, 0.3) is 22.4 Å². The van der Waals surface area contributed by atoms with Gasteiger partial charge >= 0.3 is 0 Å². The van der Waals surface area contributed by atoms with E-state index in [-0.39, 0.29) is 17.9 Å². The molecule has 4 rings (SSSR count). The van der Waals surface area contributed by atoms with Crippen LogP contribution in [0, 0.1) is 5.92 Å². The summed E-state index contributed by atoms with van der Waals surface area (Å²) >= 11 is 0. The second-order valence-electron chi connectivity index (χ2n) is 10.7. The van der Waals surface area contributed by atoms with Crippen LogP contribution in [0.1, 0.15) is 26.7 Å². The number of likely N-dealkylation sites (tertiary alicyclic amines) is 1. The Bertz CT molecular complexity index is 1160. The zero-order valence-corrected chi connectivity index (χ0v) is 22.6. The van der Waals surface area contributed by atoms with Crippen molar-refractivity contribution in [2.75, 3.05) is 25.0 Å². The van der Waals surface area contributed by atoms with E-state index in [4.69, 9.17) is 14.7 Å². The Morgan fingerprint density at radius 3 is 2.89 bits per heavy atom. The third-order valence-corrected chi connectivity index (χ3v) is 8.35. The molecular weight excluding hydrogens is 456 g/mol. The molecule has 188 valence electrons. The Balaban J connectivity index is 1.45. The maximum Gasteiger partial charge on any atom is 0.225 e. The van der Waals surface area contributed by atoms with Crippen LogP contribution in [0.3, 0.4) is 0 Å². The van der Waals surface area contributed by atoms with Crippen LogP contribution in [0.2, 0.25) is 25.7 Å². The lowest BCUT2D eigenvalue weighted by molar-refractivity contribution is -0.133. The number of ether oxygens (including phenoxy) is 1. The van der Waals surface area contributed by atoms with E-state index in [2.05, 4.69) is 36.9 Å². The number of nitrogens with zero attached hydrogens (tertiary/aromatic N) is 5. The van der Waals surface area contributed by atoms with Crippen molar-refractivity contribution in [3.63, 3.8) is 0 Å². The number of fused-ring (bicyclic) bond motifs is 1. The summed E-state index contributed by atoms with van der Waals surface area (Å²) in [7, 11) is -1.11. The van der Waals surface area contributed by atoms with E-state index in [0.717, 1.165) is 60.3 Å². The normalized spacial score (nSPS) is 17.2. The molecule has 3 aromatic heterocycles. The smallest absolute Gasteiger partial charge is 0.225 e. The molecule has 35 heavy (non-hydrogen) atoms. The van der Waals surface area contributed by atoms with E-state index in [1.165, 1.54) is 0 Å². The maximum atomic E-state index is 12.6. The van der Waals surface area contributed by atoms with Crippen molar-refractivity contribution in [3.8, 4) is 11.3 Å². The number of aromatic nitrogens is 4. The van der Waals surface area contributed by atoms with E-state index in [1.807, 2.05) is 40.8 Å². The number of nitrogens with one attached hydrogen (secondary N) is 1. The zero-order valence-electron chi connectivity index (χ0n) is 21.6. The Labute approximate surface area is 209 Å². The molecular formula is C26H38N6O2Si. The molecule has 0 aromatic carbocycles. The number of rotatable bonds is 10. The summed E-state index contributed by atoms with van der Waals surface area (Å²) in [6.07, 6.45) is 7.33. The zero-order chi connectivity index (χ0) is 25.0. The van der Waals surface area contributed by atoms with Crippen molar-refractivity contribution < 1.29 is 9.53 Å². The summed E-state index contributed by atoms with van der Waals surface area (Å²) in [4.78, 5) is 28.7. The van der Waals surface area contributed by atoms with E-state index >= 15 is 0 Å². The molecule has 9 heteroatoms. The molecule has 0 spiro atoms. The lowest BCUT2D eigenvalue weighted by Gasteiger charge is -2.21. The predicted octanol–water partition coefficient (Wildman–Crippen LogP) is 4.86. The molecule has 0 radical (unpaired) electrons. The van der Waals surface area contributed by atoms with Crippen molar-refractivity contribution >= 4 is 31.0 Å². The average molecular weight is 495 g/mol. The van der Waals surface area contributed by atoms with E-state index in [1.54, 1.807) is 12.4 Å². The quantitative estimate of drug-likeness (QED) is 0.320. The first-order chi connectivity index (χ1) is 16.7. The van der Waals surface area contributed by atoms with E-state index in [0.29, 0.717) is 13.3 Å². The minimum atomic E-state index is -1.11. The number of carbonyl (C=O) groups excluding carboxylic acids is 1. The van der Waals surface area contributed by atoms with Gasteiger partial charge in [-0.3, -0.25) is 4.79 Å². The summed E-state index contributed by atoms with van der Waals surface area (Å²) < 4.78 is 7.90. The number of hydrogen-bond donors (Lipinski definition) is 1. The van der Waals surface area contributed by atoms with Gasteiger partial charge in [0, 0.05) is 57.7 Å². The topological polar surface area (TPSA) is 85.2 Å². The van der Waals surface area contributed by atoms with Gasteiger partial charge in [-0.15, -0.1) is 0 Å². The first kappa shape index (κ1) is 25.3. The first-order valence-electron chi connectivity index (χ1n) is 12.7. The van der Waals surface area contributed by atoms with Gasteiger partial charge in [-0.1, -0.05) is 33.5 Å². The molecule has 1 N–H and O–H groups in total. The summed E-state index contributed by atoms with van der Waals surface area (Å²) in [5.41, 5.74) is 3.33. The van der Waals surface area contributed by atoms with Crippen molar-refractivity contribution in [1.29, 1.82) is 0 Å². The third-order valence-electron chi connectivity index (χ3n) is 6.65. The van der Waals surface area contributed by atoms with Gasteiger partial charge in [-0.05, 0) is 37.1 Å². The maximum absolute atomic E-state index is 12.6. The van der Waals surface area contributed by atoms with Crippen LogP contribution in [-0.4, -0.2) is 64.1 Å². The lowest BCUT2D eigenvalue weighted by Crippen LogP contribution is -2.35. The van der Waals surface area contributed by atoms with Crippen molar-refractivity contribution in [2.24, 2.45) is 5.92 Å².